The zero-order valence-corrected chi connectivity index (χ0v) is 22.8. The summed E-state index contributed by atoms with van der Waals surface area (Å²) in [5.74, 6) is 1.32. The molecule has 6 heteroatoms. The smallest absolute Gasteiger partial charge is 0.211 e. The Morgan fingerprint density at radius 1 is 0.921 bits per heavy atom. The van der Waals surface area contributed by atoms with Gasteiger partial charge in [0.15, 0.2) is 17.6 Å². The van der Waals surface area contributed by atoms with Crippen LogP contribution in [0.4, 0.5) is 0 Å². The topological polar surface area (TPSA) is 56.1 Å². The molecule has 1 atom stereocenters. The van der Waals surface area contributed by atoms with Crippen molar-refractivity contribution < 1.29 is 14.3 Å². The van der Waals surface area contributed by atoms with Crippen LogP contribution in [-0.4, -0.2) is 39.4 Å². The van der Waals surface area contributed by atoms with Gasteiger partial charge in [-0.15, -0.1) is 0 Å². The highest BCUT2D eigenvalue weighted by Gasteiger charge is 2.19. The molecule has 0 aliphatic heterocycles. The highest BCUT2D eigenvalue weighted by atomic mass is 16.5. The average molecular weight is 514 g/mol. The molecule has 0 saturated carbocycles. The summed E-state index contributed by atoms with van der Waals surface area (Å²) in [5.41, 5.74) is 2.78. The maximum Gasteiger partial charge on any atom is 0.211 e. The molecule has 1 unspecified atom stereocenters. The van der Waals surface area contributed by atoms with Gasteiger partial charge in [0.25, 0.3) is 0 Å². The van der Waals surface area contributed by atoms with Crippen molar-refractivity contribution in [3.05, 3.63) is 95.9 Å². The summed E-state index contributed by atoms with van der Waals surface area (Å²) in [6.45, 7) is 9.12. The van der Waals surface area contributed by atoms with Gasteiger partial charge in [-0.3, -0.25) is 14.1 Å². The normalized spacial score (nSPS) is 12.1. The van der Waals surface area contributed by atoms with Gasteiger partial charge in [0.05, 0.1) is 6.20 Å². The first-order valence-corrected chi connectivity index (χ1v) is 13.8. The minimum absolute atomic E-state index is 0.0303. The molecule has 2 aromatic heterocycles. The Balaban J connectivity index is 1.46. The average Bonchev–Trinajstić information content (AvgIpc) is 3.40. The molecule has 0 amide bonds. The fourth-order valence-corrected chi connectivity index (χ4v) is 4.53. The number of unbranched alkanes of at least 4 members (excludes halogenated alkanes) is 2. The van der Waals surface area contributed by atoms with Crippen molar-refractivity contribution in [2.24, 2.45) is 0 Å². The minimum Gasteiger partial charge on any atom is -0.485 e. The maximum atomic E-state index is 13.4. The highest BCUT2D eigenvalue weighted by molar-refractivity contribution is 6.08. The van der Waals surface area contributed by atoms with E-state index in [1.807, 2.05) is 72.9 Å². The first-order valence-electron chi connectivity index (χ1n) is 13.8. The van der Waals surface area contributed by atoms with Crippen LogP contribution in [0.3, 0.4) is 0 Å². The van der Waals surface area contributed by atoms with E-state index < -0.39 is 0 Å². The predicted octanol–water partition coefficient (Wildman–Crippen LogP) is 7.16. The van der Waals surface area contributed by atoms with Gasteiger partial charge in [-0.05, 0) is 61.2 Å². The lowest BCUT2D eigenvalue weighted by Gasteiger charge is -2.31. The zero-order valence-electron chi connectivity index (χ0n) is 22.8. The Kier molecular flexibility index (Phi) is 9.93. The van der Waals surface area contributed by atoms with E-state index in [1.54, 1.807) is 10.6 Å². The first kappa shape index (κ1) is 27.4. The zero-order chi connectivity index (χ0) is 26.7. The summed E-state index contributed by atoms with van der Waals surface area (Å²) in [5, 5.41) is 0. The van der Waals surface area contributed by atoms with Crippen LogP contribution in [0, 0.1) is 0 Å². The van der Waals surface area contributed by atoms with Crippen LogP contribution in [0.1, 0.15) is 74.5 Å². The summed E-state index contributed by atoms with van der Waals surface area (Å²) in [4.78, 5) is 20.3. The Hall–Kier alpha value is -3.64. The van der Waals surface area contributed by atoms with Crippen LogP contribution in [0.15, 0.2) is 79.1 Å². The third kappa shape index (κ3) is 6.81. The lowest BCUT2D eigenvalue weighted by atomic mass is 10.1. The molecule has 4 rings (SSSR count). The van der Waals surface area contributed by atoms with E-state index in [2.05, 4.69) is 30.7 Å². The summed E-state index contributed by atoms with van der Waals surface area (Å²) < 4.78 is 14.2. The molecule has 0 bridgehead atoms. The molecular weight excluding hydrogens is 474 g/mol. The van der Waals surface area contributed by atoms with Gasteiger partial charge in [0.1, 0.15) is 18.1 Å². The highest BCUT2D eigenvalue weighted by Crippen LogP contribution is 2.24. The fourth-order valence-electron chi connectivity index (χ4n) is 4.53. The van der Waals surface area contributed by atoms with E-state index in [0.29, 0.717) is 29.3 Å². The van der Waals surface area contributed by atoms with Crippen molar-refractivity contribution in [1.29, 1.82) is 0 Å². The van der Waals surface area contributed by atoms with Crippen molar-refractivity contribution in [2.75, 3.05) is 13.1 Å². The lowest BCUT2D eigenvalue weighted by molar-refractivity contribution is 0.0202. The molecular formula is C32H39N3O3. The molecule has 4 aromatic rings. The Morgan fingerprint density at radius 3 is 2.29 bits per heavy atom. The molecule has 0 fully saturated rings. The quantitative estimate of drug-likeness (QED) is 0.125. The van der Waals surface area contributed by atoms with Crippen molar-refractivity contribution in [2.45, 2.75) is 65.7 Å². The first-order chi connectivity index (χ1) is 18.6. The Bertz CT molecular complexity index is 1280. The number of carbonyl (C=O) groups excluding carboxylic acids is 1. The molecule has 6 nitrogen and oxygen atoms in total. The monoisotopic (exact) mass is 513 g/mol. The molecule has 200 valence electrons. The van der Waals surface area contributed by atoms with Gasteiger partial charge >= 0.3 is 0 Å². The fraction of sp³-hybridized carbons (Fsp3) is 0.375. The van der Waals surface area contributed by atoms with Crippen LogP contribution in [-0.2, 0) is 6.61 Å². The molecule has 0 saturated heterocycles. The van der Waals surface area contributed by atoms with E-state index in [9.17, 15) is 4.79 Å². The van der Waals surface area contributed by atoms with Crippen LogP contribution < -0.4 is 9.47 Å². The largest absolute Gasteiger partial charge is 0.485 e. The lowest BCUT2D eigenvalue weighted by Crippen LogP contribution is -2.40. The van der Waals surface area contributed by atoms with E-state index in [4.69, 9.17) is 9.47 Å². The molecule has 0 radical (unpaired) electrons. The molecule has 38 heavy (non-hydrogen) atoms. The summed E-state index contributed by atoms with van der Waals surface area (Å²) in [6.07, 6.45) is 9.05. The number of ketones is 1. The maximum absolute atomic E-state index is 13.4. The second-order valence-corrected chi connectivity index (χ2v) is 9.56. The number of rotatable bonds is 15. The number of hydrogen-bond acceptors (Lipinski definition) is 5. The van der Waals surface area contributed by atoms with E-state index in [1.165, 1.54) is 12.8 Å². The summed E-state index contributed by atoms with van der Waals surface area (Å²) in [7, 11) is 0. The number of ether oxygens (including phenoxy) is 2. The van der Waals surface area contributed by atoms with Crippen LogP contribution >= 0.6 is 0 Å². The SMILES string of the molecule is CCCCN(CCCC)C(CC)Oc1ccc(C(=O)c2cnc3c(OCc4ccccc4)cccn23)cc1. The number of carbonyl (C=O) groups is 1. The second-order valence-electron chi connectivity index (χ2n) is 9.56. The van der Waals surface area contributed by atoms with Crippen LogP contribution in [0.25, 0.3) is 5.65 Å². The van der Waals surface area contributed by atoms with E-state index >= 15 is 0 Å². The third-order valence-electron chi connectivity index (χ3n) is 6.71. The number of pyridine rings is 1. The summed E-state index contributed by atoms with van der Waals surface area (Å²) in [6, 6.07) is 21.2. The van der Waals surface area contributed by atoms with Crippen molar-refractivity contribution in [3.63, 3.8) is 0 Å². The van der Waals surface area contributed by atoms with Gasteiger partial charge in [-0.1, -0.05) is 63.9 Å². The van der Waals surface area contributed by atoms with E-state index in [-0.39, 0.29) is 12.0 Å². The predicted molar refractivity (Wildman–Crippen MR) is 152 cm³/mol. The Labute approximate surface area is 226 Å². The molecule has 0 aliphatic rings. The van der Waals surface area contributed by atoms with Gasteiger partial charge in [0, 0.05) is 24.8 Å². The van der Waals surface area contributed by atoms with Gasteiger partial charge in [0.2, 0.25) is 5.78 Å². The number of imidazole rings is 1. The molecule has 0 aliphatic carbocycles. The number of fused-ring (bicyclic) bond motifs is 1. The third-order valence-corrected chi connectivity index (χ3v) is 6.71. The van der Waals surface area contributed by atoms with E-state index in [0.717, 1.165) is 43.7 Å². The van der Waals surface area contributed by atoms with Crippen molar-refractivity contribution in [3.8, 4) is 11.5 Å². The van der Waals surface area contributed by atoms with Gasteiger partial charge in [-0.2, -0.15) is 0 Å². The number of nitrogens with zero attached hydrogens (tertiary/aromatic N) is 3. The minimum atomic E-state index is -0.0937. The van der Waals surface area contributed by atoms with Crippen molar-refractivity contribution >= 4 is 11.4 Å². The van der Waals surface area contributed by atoms with Gasteiger partial charge in [-0.25, -0.2) is 4.98 Å². The van der Waals surface area contributed by atoms with Gasteiger partial charge < -0.3 is 9.47 Å². The second kappa shape index (κ2) is 13.8. The summed E-state index contributed by atoms with van der Waals surface area (Å²) >= 11 is 0. The van der Waals surface area contributed by atoms with Crippen molar-refractivity contribution in [1.82, 2.24) is 14.3 Å². The standard InChI is InChI=1S/C32H39N3O3/c1-4-7-20-34(21-8-5-2)30(6-3)38-27-18-16-26(17-19-27)31(36)28-23-33-32-29(15-12-22-35(28)32)37-24-25-13-10-9-11-14-25/h9-19,22-23,30H,4-8,20-21,24H2,1-3H3. The molecule has 2 aromatic carbocycles. The molecule has 0 N–H and O–H groups in total. The number of aromatic nitrogens is 2. The Morgan fingerprint density at radius 2 is 1.63 bits per heavy atom. The number of hydrogen-bond donors (Lipinski definition) is 0. The number of benzene rings is 2. The molecule has 0 spiro atoms. The molecule has 2 heterocycles. The van der Waals surface area contributed by atoms with Crippen LogP contribution in [0.5, 0.6) is 11.5 Å². The van der Waals surface area contributed by atoms with Crippen LogP contribution in [0.2, 0.25) is 0 Å².